The number of ether oxygens (including phenoxy) is 2. The van der Waals surface area contributed by atoms with Crippen LogP contribution in [0.2, 0.25) is 0 Å². The lowest BCUT2D eigenvalue weighted by Gasteiger charge is -2.17. The Morgan fingerprint density at radius 3 is 2.39 bits per heavy atom. The lowest BCUT2D eigenvalue weighted by Crippen LogP contribution is -2.28. The summed E-state index contributed by atoms with van der Waals surface area (Å²) < 4.78 is 12.5. The monoisotopic (exact) mass is 489 g/mol. The quantitative estimate of drug-likeness (QED) is 0.368. The van der Waals surface area contributed by atoms with Gasteiger partial charge in [-0.1, -0.05) is 30.4 Å². The predicted octanol–water partition coefficient (Wildman–Crippen LogP) is 3.94. The molecule has 0 radical (unpaired) electrons. The number of nitrogens with one attached hydrogen (secondary N) is 1. The van der Waals surface area contributed by atoms with Crippen LogP contribution in [0.3, 0.4) is 0 Å². The van der Waals surface area contributed by atoms with E-state index in [1.54, 1.807) is 26.6 Å². The molecule has 0 spiro atoms. The van der Waals surface area contributed by atoms with Crippen molar-refractivity contribution >= 4 is 12.0 Å². The van der Waals surface area contributed by atoms with Crippen molar-refractivity contribution in [3.05, 3.63) is 94.4 Å². The summed E-state index contributed by atoms with van der Waals surface area (Å²) in [5, 5.41) is 2.98. The van der Waals surface area contributed by atoms with Crippen LogP contribution in [0.5, 0.6) is 11.5 Å². The molecule has 0 aliphatic carbocycles. The topological polar surface area (TPSA) is 72.8 Å². The molecule has 1 amide bonds. The smallest absolute Gasteiger partial charge is 0.223 e. The number of rotatable bonds is 13. The van der Waals surface area contributed by atoms with E-state index in [4.69, 9.17) is 9.47 Å². The Morgan fingerprint density at radius 2 is 1.69 bits per heavy atom. The molecule has 1 aromatic heterocycles. The summed E-state index contributed by atoms with van der Waals surface area (Å²) in [4.78, 5) is 25.6. The molecule has 2 aromatic carbocycles. The van der Waals surface area contributed by atoms with E-state index in [9.17, 15) is 9.59 Å². The number of amides is 1. The minimum absolute atomic E-state index is 0.0118. The average molecular weight is 490 g/mol. The number of nitrogens with zero attached hydrogens (tertiary/aromatic N) is 2. The maximum Gasteiger partial charge on any atom is 0.223 e. The van der Waals surface area contributed by atoms with Crippen molar-refractivity contribution in [2.75, 3.05) is 40.9 Å². The van der Waals surface area contributed by atoms with E-state index < -0.39 is 0 Å². The summed E-state index contributed by atoms with van der Waals surface area (Å²) in [7, 11) is 5.37. The minimum Gasteiger partial charge on any atom is -0.493 e. The second-order valence-electron chi connectivity index (χ2n) is 8.59. The highest BCUT2D eigenvalue weighted by molar-refractivity contribution is 5.78. The molecule has 0 bridgehead atoms. The van der Waals surface area contributed by atoms with Crippen molar-refractivity contribution in [2.45, 2.75) is 19.3 Å². The number of hydrogen-bond donors (Lipinski definition) is 1. The van der Waals surface area contributed by atoms with Gasteiger partial charge in [-0.05, 0) is 61.8 Å². The van der Waals surface area contributed by atoms with Crippen LogP contribution < -0.4 is 20.2 Å². The standard InChI is InChI=1S/C29H35N3O4/c1-31(19-14-24-10-13-27(35-2)28(22-24)36-3)18-5-17-30-29(34)7-4-6-23-8-11-25(12-9-23)32-20-15-26(33)16-21-32/h4,6,8-13,15-16,20-22H,5,7,14,17-19H2,1-3H3,(H,30,34)/b6-4+. The summed E-state index contributed by atoms with van der Waals surface area (Å²) in [6.07, 6.45) is 9.46. The van der Waals surface area contributed by atoms with Crippen molar-refractivity contribution in [1.82, 2.24) is 14.8 Å². The van der Waals surface area contributed by atoms with Gasteiger partial charge in [0, 0.05) is 49.7 Å². The number of hydrogen-bond acceptors (Lipinski definition) is 5. The first kappa shape index (κ1) is 26.8. The van der Waals surface area contributed by atoms with Crippen LogP contribution in [0.15, 0.2) is 77.9 Å². The number of pyridine rings is 1. The van der Waals surface area contributed by atoms with Crippen molar-refractivity contribution in [1.29, 1.82) is 0 Å². The van der Waals surface area contributed by atoms with Crippen LogP contribution in [-0.4, -0.2) is 56.3 Å². The summed E-state index contributed by atoms with van der Waals surface area (Å²) in [5.41, 5.74) is 3.18. The third kappa shape index (κ3) is 8.43. The Balaban J connectivity index is 1.32. The normalized spacial score (nSPS) is 11.1. The molecule has 3 aromatic rings. The lowest BCUT2D eigenvalue weighted by molar-refractivity contribution is -0.120. The van der Waals surface area contributed by atoms with Gasteiger partial charge in [-0.15, -0.1) is 0 Å². The molecule has 7 heteroatoms. The van der Waals surface area contributed by atoms with Crippen LogP contribution in [-0.2, 0) is 11.2 Å². The third-order valence-corrected chi connectivity index (χ3v) is 5.87. The van der Waals surface area contributed by atoms with Crippen LogP contribution >= 0.6 is 0 Å². The van der Waals surface area contributed by atoms with Gasteiger partial charge in [0.05, 0.1) is 14.2 Å². The van der Waals surface area contributed by atoms with E-state index in [1.807, 2.05) is 53.1 Å². The number of carbonyl (C=O) groups excluding carboxylic acids is 1. The molecular formula is C29H35N3O4. The summed E-state index contributed by atoms with van der Waals surface area (Å²) >= 11 is 0. The number of aromatic nitrogens is 1. The molecule has 0 fully saturated rings. The molecule has 0 aliphatic heterocycles. The molecule has 0 saturated carbocycles. The highest BCUT2D eigenvalue weighted by Crippen LogP contribution is 2.27. The van der Waals surface area contributed by atoms with Crippen molar-refractivity contribution < 1.29 is 14.3 Å². The van der Waals surface area contributed by atoms with Crippen LogP contribution in [0.25, 0.3) is 11.8 Å². The van der Waals surface area contributed by atoms with Gasteiger partial charge in [-0.25, -0.2) is 0 Å². The van der Waals surface area contributed by atoms with Gasteiger partial charge in [0.25, 0.3) is 0 Å². The summed E-state index contributed by atoms with van der Waals surface area (Å²) in [5.74, 6) is 1.50. The highest BCUT2D eigenvalue weighted by Gasteiger charge is 2.06. The first-order valence-electron chi connectivity index (χ1n) is 12.1. The zero-order valence-corrected chi connectivity index (χ0v) is 21.3. The Labute approximate surface area is 213 Å². The van der Waals surface area contributed by atoms with E-state index in [2.05, 4.69) is 23.3 Å². The largest absolute Gasteiger partial charge is 0.493 e. The molecule has 0 saturated heterocycles. The van der Waals surface area contributed by atoms with Gasteiger partial charge < -0.3 is 24.3 Å². The van der Waals surface area contributed by atoms with Crippen LogP contribution in [0, 0.1) is 0 Å². The number of benzene rings is 2. The Hall–Kier alpha value is -3.84. The molecule has 1 N–H and O–H groups in total. The van der Waals surface area contributed by atoms with E-state index in [1.165, 1.54) is 17.7 Å². The first-order valence-corrected chi connectivity index (χ1v) is 12.1. The molecule has 36 heavy (non-hydrogen) atoms. The minimum atomic E-state index is -0.0118. The fraction of sp³-hybridized carbons (Fsp3) is 0.310. The van der Waals surface area contributed by atoms with Crippen LogP contribution in [0.4, 0.5) is 0 Å². The van der Waals surface area contributed by atoms with Gasteiger partial charge in [0.1, 0.15) is 0 Å². The molecule has 0 aliphatic rings. The molecule has 0 unspecified atom stereocenters. The average Bonchev–Trinajstić information content (AvgIpc) is 2.90. The van der Waals surface area contributed by atoms with E-state index >= 15 is 0 Å². The Bertz CT molecular complexity index is 1180. The zero-order valence-electron chi connectivity index (χ0n) is 21.3. The van der Waals surface area contributed by atoms with Crippen molar-refractivity contribution in [2.24, 2.45) is 0 Å². The highest BCUT2D eigenvalue weighted by atomic mass is 16.5. The van der Waals surface area contributed by atoms with Crippen LogP contribution in [0.1, 0.15) is 24.0 Å². The molecule has 3 rings (SSSR count). The van der Waals surface area contributed by atoms with Crippen molar-refractivity contribution in [3.8, 4) is 17.2 Å². The maximum atomic E-state index is 12.1. The summed E-state index contributed by atoms with van der Waals surface area (Å²) in [6, 6.07) is 17.0. The Morgan fingerprint density at radius 1 is 0.972 bits per heavy atom. The van der Waals surface area contributed by atoms with E-state index in [-0.39, 0.29) is 11.3 Å². The zero-order chi connectivity index (χ0) is 25.8. The fourth-order valence-corrected chi connectivity index (χ4v) is 3.76. The molecule has 1 heterocycles. The Kier molecular flexibility index (Phi) is 10.3. The SMILES string of the molecule is COc1ccc(CCN(C)CCCNC(=O)C/C=C/c2ccc(-n3ccc(=O)cc3)cc2)cc1OC. The maximum absolute atomic E-state index is 12.1. The predicted molar refractivity (Wildman–Crippen MR) is 144 cm³/mol. The molecule has 7 nitrogen and oxygen atoms in total. The molecular weight excluding hydrogens is 454 g/mol. The molecule has 190 valence electrons. The van der Waals surface area contributed by atoms with Gasteiger partial charge in [0.2, 0.25) is 5.91 Å². The summed E-state index contributed by atoms with van der Waals surface area (Å²) in [6.45, 7) is 2.49. The molecule has 0 atom stereocenters. The van der Waals surface area contributed by atoms with Gasteiger partial charge in [0.15, 0.2) is 16.9 Å². The van der Waals surface area contributed by atoms with Gasteiger partial charge in [-0.2, -0.15) is 0 Å². The van der Waals surface area contributed by atoms with Gasteiger partial charge in [-0.3, -0.25) is 9.59 Å². The van der Waals surface area contributed by atoms with Gasteiger partial charge >= 0.3 is 0 Å². The third-order valence-electron chi connectivity index (χ3n) is 5.87. The number of methoxy groups -OCH3 is 2. The van der Waals surface area contributed by atoms with Crippen molar-refractivity contribution in [3.63, 3.8) is 0 Å². The second kappa shape index (κ2) is 13.9. The van der Waals surface area contributed by atoms with E-state index in [0.29, 0.717) is 13.0 Å². The first-order chi connectivity index (χ1) is 17.5. The lowest BCUT2D eigenvalue weighted by atomic mass is 10.1. The number of carbonyl (C=O) groups is 1. The number of likely N-dealkylation sites (N-methyl/N-ethyl adjacent to an activating group) is 1. The second-order valence-corrected chi connectivity index (χ2v) is 8.59. The fourth-order valence-electron chi connectivity index (χ4n) is 3.76. The van der Waals surface area contributed by atoms with E-state index in [0.717, 1.165) is 48.7 Å².